The van der Waals surface area contributed by atoms with Gasteiger partial charge < -0.3 is 14.6 Å². The number of carbonyl (C=O) groups excluding carboxylic acids is 1. The molecule has 1 fully saturated rings. The maximum atomic E-state index is 13.7. The predicted octanol–water partition coefficient (Wildman–Crippen LogP) is 3.30. The van der Waals surface area contributed by atoms with Crippen molar-refractivity contribution in [2.45, 2.75) is 26.0 Å². The molecular weight excluding hydrogens is 338 g/mol. The van der Waals surface area contributed by atoms with E-state index in [1.54, 1.807) is 17.0 Å². The van der Waals surface area contributed by atoms with Crippen LogP contribution < -0.4 is 0 Å². The molecule has 0 bridgehead atoms. The predicted molar refractivity (Wildman–Crippen MR) is 95.7 cm³/mol. The fraction of sp³-hybridized carbons (Fsp3) is 0.350. The quantitative estimate of drug-likeness (QED) is 0.778. The van der Waals surface area contributed by atoms with Crippen molar-refractivity contribution < 1.29 is 18.7 Å². The van der Waals surface area contributed by atoms with Crippen LogP contribution in [-0.2, 0) is 11.3 Å². The molecule has 1 saturated heterocycles. The topological polar surface area (TPSA) is 45.5 Å². The molecule has 2 unspecified atom stereocenters. The van der Waals surface area contributed by atoms with E-state index in [-0.39, 0.29) is 24.9 Å². The zero-order chi connectivity index (χ0) is 18.4. The minimum absolute atomic E-state index is 0.00129. The van der Waals surface area contributed by atoms with Crippen LogP contribution in [0.4, 0.5) is 8.78 Å². The minimum atomic E-state index is -0.766. The Morgan fingerprint density at radius 2 is 1.65 bits per heavy atom. The van der Waals surface area contributed by atoms with E-state index < -0.39 is 17.7 Å². The number of aliphatic hydroxyl groups is 1. The molecule has 1 aliphatic heterocycles. The molecule has 136 valence electrons. The molecule has 4 rings (SSSR count). The van der Waals surface area contributed by atoms with Gasteiger partial charge in [-0.3, -0.25) is 4.79 Å². The number of aliphatic hydroxyl groups excluding tert-OH is 1. The Bertz CT molecular complexity index is 939. The Kier molecular flexibility index (Phi) is 4.15. The Morgan fingerprint density at radius 3 is 2.15 bits per heavy atom. The van der Waals surface area contributed by atoms with Crippen molar-refractivity contribution in [3.05, 3.63) is 48.0 Å². The summed E-state index contributed by atoms with van der Waals surface area (Å²) in [5.74, 6) is -0.715. The second-order valence-electron chi connectivity index (χ2n) is 7.06. The standard InChI is InChI=1S/C20H20F2N2O2/c1-12-6-7-23(20(12)26)10-15(25)11-24-18-4-2-13(21)8-16(18)17-9-14(22)3-5-19(17)24/h2-5,8-9,12,15,25H,6-7,10-11H2,1H3. The minimum Gasteiger partial charge on any atom is -0.389 e. The maximum Gasteiger partial charge on any atom is 0.225 e. The van der Waals surface area contributed by atoms with Crippen LogP contribution in [0.1, 0.15) is 13.3 Å². The van der Waals surface area contributed by atoms with E-state index in [0.717, 1.165) is 17.5 Å². The van der Waals surface area contributed by atoms with Gasteiger partial charge in [0, 0.05) is 40.8 Å². The monoisotopic (exact) mass is 358 g/mol. The van der Waals surface area contributed by atoms with Gasteiger partial charge in [0.2, 0.25) is 5.91 Å². The van der Waals surface area contributed by atoms with E-state index in [2.05, 4.69) is 0 Å². The summed E-state index contributed by atoms with van der Waals surface area (Å²) in [4.78, 5) is 13.8. The third-order valence-corrected chi connectivity index (χ3v) is 5.18. The molecule has 1 aliphatic rings. The highest BCUT2D eigenvalue weighted by atomic mass is 19.1. The van der Waals surface area contributed by atoms with E-state index in [4.69, 9.17) is 0 Å². The molecule has 1 amide bonds. The van der Waals surface area contributed by atoms with Crippen molar-refractivity contribution >= 4 is 27.7 Å². The molecule has 0 aliphatic carbocycles. The number of benzene rings is 2. The molecule has 26 heavy (non-hydrogen) atoms. The van der Waals surface area contributed by atoms with Gasteiger partial charge in [-0.25, -0.2) is 8.78 Å². The molecule has 3 aromatic rings. The van der Waals surface area contributed by atoms with Crippen LogP contribution in [0.2, 0.25) is 0 Å². The summed E-state index contributed by atoms with van der Waals surface area (Å²) in [5, 5.41) is 11.8. The van der Waals surface area contributed by atoms with Gasteiger partial charge >= 0.3 is 0 Å². The third kappa shape index (κ3) is 2.84. The second kappa shape index (κ2) is 6.36. The molecule has 2 heterocycles. The number of nitrogens with zero attached hydrogens (tertiary/aromatic N) is 2. The summed E-state index contributed by atoms with van der Waals surface area (Å²) in [7, 11) is 0. The van der Waals surface area contributed by atoms with Gasteiger partial charge in [-0.15, -0.1) is 0 Å². The molecule has 2 aromatic carbocycles. The maximum absolute atomic E-state index is 13.7. The molecule has 1 N–H and O–H groups in total. The fourth-order valence-electron chi connectivity index (χ4n) is 3.84. The van der Waals surface area contributed by atoms with Gasteiger partial charge in [0.25, 0.3) is 0 Å². The van der Waals surface area contributed by atoms with Gasteiger partial charge in [0.1, 0.15) is 11.6 Å². The Balaban J connectivity index is 1.70. The van der Waals surface area contributed by atoms with Crippen molar-refractivity contribution in [1.82, 2.24) is 9.47 Å². The molecule has 0 radical (unpaired) electrons. The van der Waals surface area contributed by atoms with Gasteiger partial charge in [-0.2, -0.15) is 0 Å². The number of carbonyl (C=O) groups is 1. The number of fused-ring (bicyclic) bond motifs is 3. The number of aromatic nitrogens is 1. The largest absolute Gasteiger partial charge is 0.389 e. The first-order valence-corrected chi connectivity index (χ1v) is 8.78. The summed E-state index contributed by atoms with van der Waals surface area (Å²) < 4.78 is 29.2. The number of rotatable bonds is 4. The molecular formula is C20H20F2N2O2. The molecule has 2 atom stereocenters. The van der Waals surface area contributed by atoms with Gasteiger partial charge in [-0.05, 0) is 42.8 Å². The average Bonchev–Trinajstić information content (AvgIpc) is 3.07. The first-order valence-electron chi connectivity index (χ1n) is 8.78. The molecule has 0 saturated carbocycles. The van der Waals surface area contributed by atoms with Crippen molar-refractivity contribution in [2.24, 2.45) is 5.92 Å². The van der Waals surface area contributed by atoms with Crippen LogP contribution in [0.15, 0.2) is 36.4 Å². The van der Waals surface area contributed by atoms with Crippen molar-refractivity contribution in [2.75, 3.05) is 13.1 Å². The molecule has 6 heteroatoms. The number of likely N-dealkylation sites (tertiary alicyclic amines) is 1. The lowest BCUT2D eigenvalue weighted by atomic mass is 10.1. The van der Waals surface area contributed by atoms with Crippen molar-refractivity contribution in [3.63, 3.8) is 0 Å². The van der Waals surface area contributed by atoms with Crippen molar-refractivity contribution in [1.29, 1.82) is 0 Å². The van der Waals surface area contributed by atoms with E-state index in [1.807, 2.05) is 11.5 Å². The summed E-state index contributed by atoms with van der Waals surface area (Å²) in [6.07, 6.45) is 0.0395. The van der Waals surface area contributed by atoms with Crippen LogP contribution in [-0.4, -0.2) is 39.7 Å². The number of β-amino-alcohol motifs (C(OH)–C–C–N with tert-alkyl or cyclic N) is 1. The van der Waals surface area contributed by atoms with Gasteiger partial charge in [-0.1, -0.05) is 6.92 Å². The molecule has 1 aromatic heterocycles. The summed E-state index contributed by atoms with van der Waals surface area (Å²) >= 11 is 0. The lowest BCUT2D eigenvalue weighted by Gasteiger charge is -2.21. The normalized spacial score (nSPS) is 19.0. The zero-order valence-corrected chi connectivity index (χ0v) is 14.5. The highest BCUT2D eigenvalue weighted by Crippen LogP contribution is 2.30. The number of hydrogen-bond donors (Lipinski definition) is 1. The third-order valence-electron chi connectivity index (χ3n) is 5.18. The van der Waals surface area contributed by atoms with Crippen molar-refractivity contribution in [3.8, 4) is 0 Å². The fourth-order valence-corrected chi connectivity index (χ4v) is 3.84. The first-order chi connectivity index (χ1) is 12.4. The second-order valence-corrected chi connectivity index (χ2v) is 7.06. The van der Waals surface area contributed by atoms with E-state index in [0.29, 0.717) is 17.3 Å². The smallest absolute Gasteiger partial charge is 0.225 e. The highest BCUT2D eigenvalue weighted by Gasteiger charge is 2.29. The van der Waals surface area contributed by atoms with Crippen LogP contribution in [0.5, 0.6) is 0 Å². The van der Waals surface area contributed by atoms with Crippen LogP contribution >= 0.6 is 0 Å². The lowest BCUT2D eigenvalue weighted by molar-refractivity contribution is -0.131. The Morgan fingerprint density at radius 1 is 1.08 bits per heavy atom. The summed E-state index contributed by atoms with van der Waals surface area (Å²) in [5.41, 5.74) is 1.46. The van der Waals surface area contributed by atoms with Gasteiger partial charge in [0.15, 0.2) is 0 Å². The Labute approximate surface area is 149 Å². The SMILES string of the molecule is CC1CCN(CC(O)Cn2c3ccc(F)cc3c3cc(F)ccc32)C1=O. The lowest BCUT2D eigenvalue weighted by Crippen LogP contribution is -2.36. The van der Waals surface area contributed by atoms with E-state index >= 15 is 0 Å². The zero-order valence-electron chi connectivity index (χ0n) is 14.5. The van der Waals surface area contributed by atoms with E-state index in [9.17, 15) is 18.7 Å². The number of amides is 1. The van der Waals surface area contributed by atoms with Crippen LogP contribution in [0.3, 0.4) is 0 Å². The molecule has 0 spiro atoms. The number of hydrogen-bond acceptors (Lipinski definition) is 2. The summed E-state index contributed by atoms with van der Waals surface area (Å²) in [6.45, 7) is 3.05. The van der Waals surface area contributed by atoms with Gasteiger partial charge in [0.05, 0.1) is 12.6 Å². The average molecular weight is 358 g/mol. The molecule has 4 nitrogen and oxygen atoms in total. The van der Waals surface area contributed by atoms with Crippen LogP contribution in [0.25, 0.3) is 21.8 Å². The number of halogens is 2. The summed E-state index contributed by atoms with van der Waals surface area (Å²) in [6, 6.07) is 8.74. The Hall–Kier alpha value is -2.47. The van der Waals surface area contributed by atoms with Crippen LogP contribution in [0, 0.1) is 17.6 Å². The van der Waals surface area contributed by atoms with E-state index in [1.165, 1.54) is 24.3 Å². The highest BCUT2D eigenvalue weighted by molar-refractivity contribution is 6.08. The first kappa shape index (κ1) is 17.0.